The van der Waals surface area contributed by atoms with Crippen molar-refractivity contribution in [3.05, 3.63) is 46.7 Å². The van der Waals surface area contributed by atoms with Gasteiger partial charge in [-0.2, -0.15) is 0 Å². The smallest absolute Gasteiger partial charge is 0.0411 e. The number of hydrogen-bond acceptors (Lipinski definition) is 1. The lowest BCUT2D eigenvalue weighted by Gasteiger charge is -2.27. The summed E-state index contributed by atoms with van der Waals surface area (Å²) >= 11 is 0. The molecule has 0 unspecified atom stereocenters. The van der Waals surface area contributed by atoms with E-state index in [1.165, 1.54) is 28.1 Å². The highest BCUT2D eigenvalue weighted by molar-refractivity contribution is 5.62. The first-order chi connectivity index (χ1) is 9.54. The van der Waals surface area contributed by atoms with Crippen LogP contribution in [0.25, 0.3) is 6.08 Å². The van der Waals surface area contributed by atoms with Gasteiger partial charge in [-0.15, -0.1) is 0 Å². The average molecular weight is 271 g/mol. The summed E-state index contributed by atoms with van der Waals surface area (Å²) in [6, 6.07) is 6.84. The molecule has 0 aromatic heterocycles. The molecule has 0 saturated heterocycles. The lowest BCUT2D eigenvalue weighted by Crippen LogP contribution is -2.22. The fourth-order valence-corrected chi connectivity index (χ4v) is 2.39. The molecule has 1 nitrogen and oxygen atoms in total. The summed E-state index contributed by atoms with van der Waals surface area (Å²) in [7, 11) is 0. The van der Waals surface area contributed by atoms with Crippen LogP contribution in [-0.2, 0) is 6.42 Å². The van der Waals surface area contributed by atoms with E-state index in [1.54, 1.807) is 0 Å². The maximum atomic E-state index is 2.44. The van der Waals surface area contributed by atoms with Crippen LogP contribution in [-0.4, -0.2) is 6.54 Å². The Bertz CT molecular complexity index is 490. The van der Waals surface area contributed by atoms with Gasteiger partial charge in [-0.3, -0.25) is 0 Å². The molecule has 110 valence electrons. The second kappa shape index (κ2) is 7.94. The van der Waals surface area contributed by atoms with Gasteiger partial charge in [-0.05, 0) is 63.8 Å². The number of rotatable bonds is 6. The SMILES string of the molecule is C/C=C\c1ccc(N(CCC)C(C)=C(C)C)cc1CC. The normalized spacial score (nSPS) is 10.9. The van der Waals surface area contributed by atoms with E-state index in [4.69, 9.17) is 0 Å². The van der Waals surface area contributed by atoms with Crippen LogP contribution < -0.4 is 4.90 Å². The van der Waals surface area contributed by atoms with Crippen LogP contribution in [0.15, 0.2) is 35.5 Å². The van der Waals surface area contributed by atoms with E-state index in [2.05, 4.69) is 76.8 Å². The zero-order valence-corrected chi connectivity index (χ0v) is 14.0. The number of nitrogens with zero attached hydrogens (tertiary/aromatic N) is 1. The van der Waals surface area contributed by atoms with Crippen LogP contribution >= 0.6 is 0 Å². The van der Waals surface area contributed by atoms with E-state index < -0.39 is 0 Å². The van der Waals surface area contributed by atoms with Gasteiger partial charge in [0, 0.05) is 17.9 Å². The first kappa shape index (κ1) is 16.6. The minimum atomic E-state index is 1.07. The molecular formula is C19H29N. The molecule has 20 heavy (non-hydrogen) atoms. The maximum Gasteiger partial charge on any atom is 0.0411 e. The molecule has 1 rings (SSSR count). The van der Waals surface area contributed by atoms with Crippen LogP contribution in [0.1, 0.15) is 59.1 Å². The van der Waals surface area contributed by atoms with Gasteiger partial charge in [0.2, 0.25) is 0 Å². The van der Waals surface area contributed by atoms with Crippen molar-refractivity contribution in [2.24, 2.45) is 0 Å². The Kier molecular flexibility index (Phi) is 6.57. The molecule has 0 heterocycles. The summed E-state index contributed by atoms with van der Waals surface area (Å²) in [6.45, 7) is 14.2. The van der Waals surface area contributed by atoms with Crippen molar-refractivity contribution in [2.75, 3.05) is 11.4 Å². The Morgan fingerprint density at radius 2 is 1.85 bits per heavy atom. The highest BCUT2D eigenvalue weighted by atomic mass is 15.1. The van der Waals surface area contributed by atoms with Gasteiger partial charge in [-0.25, -0.2) is 0 Å². The minimum absolute atomic E-state index is 1.07. The Morgan fingerprint density at radius 1 is 1.15 bits per heavy atom. The van der Waals surface area contributed by atoms with E-state index in [-0.39, 0.29) is 0 Å². The number of anilines is 1. The Morgan fingerprint density at radius 3 is 2.35 bits per heavy atom. The maximum absolute atomic E-state index is 2.44. The third-order valence-corrected chi connectivity index (χ3v) is 3.74. The van der Waals surface area contributed by atoms with Crippen LogP contribution in [0.2, 0.25) is 0 Å². The van der Waals surface area contributed by atoms with Gasteiger partial charge >= 0.3 is 0 Å². The van der Waals surface area contributed by atoms with E-state index in [9.17, 15) is 0 Å². The van der Waals surface area contributed by atoms with Crippen LogP contribution in [0.4, 0.5) is 5.69 Å². The highest BCUT2D eigenvalue weighted by Gasteiger charge is 2.10. The number of allylic oxidation sites excluding steroid dienone is 3. The highest BCUT2D eigenvalue weighted by Crippen LogP contribution is 2.25. The fraction of sp³-hybridized carbons (Fsp3) is 0.474. The third-order valence-electron chi connectivity index (χ3n) is 3.74. The molecule has 0 N–H and O–H groups in total. The van der Waals surface area contributed by atoms with Crippen LogP contribution in [0.5, 0.6) is 0 Å². The summed E-state index contributed by atoms with van der Waals surface area (Å²) < 4.78 is 0. The quantitative estimate of drug-likeness (QED) is 0.631. The number of hydrogen-bond donors (Lipinski definition) is 0. The van der Waals surface area contributed by atoms with E-state index in [1.807, 2.05) is 0 Å². The lowest BCUT2D eigenvalue weighted by molar-refractivity contribution is 0.837. The molecule has 0 amide bonds. The third kappa shape index (κ3) is 4.00. The fourth-order valence-electron chi connectivity index (χ4n) is 2.39. The molecule has 0 saturated carbocycles. The van der Waals surface area contributed by atoms with E-state index in [0.717, 1.165) is 19.4 Å². The lowest BCUT2D eigenvalue weighted by atomic mass is 10.0. The van der Waals surface area contributed by atoms with Gasteiger partial charge in [0.25, 0.3) is 0 Å². The summed E-state index contributed by atoms with van der Waals surface area (Å²) in [4.78, 5) is 2.44. The van der Waals surface area contributed by atoms with Crippen LogP contribution in [0, 0.1) is 0 Å². The van der Waals surface area contributed by atoms with Crippen molar-refractivity contribution in [2.45, 2.75) is 54.4 Å². The minimum Gasteiger partial charge on any atom is -0.345 e. The topological polar surface area (TPSA) is 3.24 Å². The largest absolute Gasteiger partial charge is 0.345 e. The summed E-state index contributed by atoms with van der Waals surface area (Å²) in [5.74, 6) is 0. The second-order valence-corrected chi connectivity index (χ2v) is 5.47. The van der Waals surface area contributed by atoms with Gasteiger partial charge in [0.05, 0.1) is 0 Å². The number of aryl methyl sites for hydroxylation is 1. The van der Waals surface area contributed by atoms with Gasteiger partial charge in [-0.1, -0.05) is 37.6 Å². The predicted octanol–water partition coefficient (Wildman–Crippen LogP) is 5.81. The standard InChI is InChI=1S/C19H29N/c1-7-10-18-11-12-19(14-17(18)9-3)20(13-8-2)16(6)15(4)5/h7,10-12,14H,8-9,13H2,1-6H3/b10-7-. The molecule has 1 heteroatoms. The molecular weight excluding hydrogens is 242 g/mol. The molecule has 0 aliphatic rings. The van der Waals surface area contributed by atoms with Crippen molar-refractivity contribution in [3.63, 3.8) is 0 Å². The predicted molar refractivity (Wildman–Crippen MR) is 92.2 cm³/mol. The second-order valence-electron chi connectivity index (χ2n) is 5.47. The molecule has 0 spiro atoms. The Balaban J connectivity index is 3.25. The average Bonchev–Trinajstić information content (AvgIpc) is 2.44. The molecule has 0 radical (unpaired) electrons. The monoisotopic (exact) mass is 271 g/mol. The van der Waals surface area contributed by atoms with Gasteiger partial charge in [0.1, 0.15) is 0 Å². The molecule has 0 bridgehead atoms. The van der Waals surface area contributed by atoms with E-state index in [0.29, 0.717) is 0 Å². The first-order valence-electron chi connectivity index (χ1n) is 7.72. The summed E-state index contributed by atoms with van der Waals surface area (Å²) in [5.41, 5.74) is 6.82. The molecule has 1 aromatic carbocycles. The Hall–Kier alpha value is -1.50. The van der Waals surface area contributed by atoms with Gasteiger partial charge < -0.3 is 4.90 Å². The van der Waals surface area contributed by atoms with Crippen LogP contribution in [0.3, 0.4) is 0 Å². The molecule has 0 fully saturated rings. The number of benzene rings is 1. The molecule has 0 aliphatic heterocycles. The summed E-state index contributed by atoms with van der Waals surface area (Å²) in [6.07, 6.45) is 6.53. The van der Waals surface area contributed by atoms with Crippen molar-refractivity contribution in [1.82, 2.24) is 0 Å². The van der Waals surface area contributed by atoms with Crippen molar-refractivity contribution in [3.8, 4) is 0 Å². The zero-order chi connectivity index (χ0) is 15.1. The zero-order valence-electron chi connectivity index (χ0n) is 14.0. The van der Waals surface area contributed by atoms with Gasteiger partial charge in [0.15, 0.2) is 0 Å². The molecule has 1 aromatic rings. The van der Waals surface area contributed by atoms with Crippen molar-refractivity contribution < 1.29 is 0 Å². The Labute approximate surface area is 125 Å². The van der Waals surface area contributed by atoms with E-state index >= 15 is 0 Å². The van der Waals surface area contributed by atoms with Crippen molar-refractivity contribution in [1.29, 1.82) is 0 Å². The molecule has 0 aliphatic carbocycles. The van der Waals surface area contributed by atoms with Crippen molar-refractivity contribution >= 4 is 11.8 Å². The summed E-state index contributed by atoms with van der Waals surface area (Å²) in [5, 5.41) is 0. The first-order valence-corrected chi connectivity index (χ1v) is 7.72. The molecule has 0 atom stereocenters.